The highest BCUT2D eigenvalue weighted by Gasteiger charge is 2.30. The first-order chi connectivity index (χ1) is 10.7. The summed E-state index contributed by atoms with van der Waals surface area (Å²) >= 11 is 1.47. The van der Waals surface area contributed by atoms with Crippen molar-refractivity contribution in [3.05, 3.63) is 46.2 Å². The first-order valence-corrected chi connectivity index (χ1v) is 8.08. The number of fused-ring (bicyclic) bond motifs is 1. The predicted molar refractivity (Wildman–Crippen MR) is 83.0 cm³/mol. The second-order valence-electron chi connectivity index (χ2n) is 5.57. The maximum atomic E-state index is 12.1. The van der Waals surface area contributed by atoms with E-state index in [0.29, 0.717) is 18.0 Å². The van der Waals surface area contributed by atoms with Crippen LogP contribution in [0.4, 0.5) is 0 Å². The van der Waals surface area contributed by atoms with Crippen molar-refractivity contribution in [1.82, 2.24) is 25.1 Å². The molecule has 7 heteroatoms. The van der Waals surface area contributed by atoms with Crippen LogP contribution in [-0.4, -0.2) is 25.7 Å². The van der Waals surface area contributed by atoms with Crippen molar-refractivity contribution < 1.29 is 4.79 Å². The molecule has 2 aromatic heterocycles. The molecule has 1 amide bonds. The molecule has 0 bridgehead atoms. The van der Waals surface area contributed by atoms with Crippen molar-refractivity contribution in [3.63, 3.8) is 0 Å². The van der Waals surface area contributed by atoms with E-state index < -0.39 is 0 Å². The molecule has 1 aliphatic carbocycles. The molecule has 1 aromatic carbocycles. The van der Waals surface area contributed by atoms with Gasteiger partial charge in [0, 0.05) is 11.5 Å². The fourth-order valence-electron chi connectivity index (χ4n) is 2.38. The first kappa shape index (κ1) is 13.4. The smallest absolute Gasteiger partial charge is 0.251 e. The monoisotopic (exact) mass is 313 g/mol. The fourth-order valence-corrected chi connectivity index (χ4v) is 3.16. The second kappa shape index (κ2) is 5.17. The number of aryl methyl sites for hydroxylation is 1. The minimum absolute atomic E-state index is 0.0860. The Kier molecular flexibility index (Phi) is 3.15. The summed E-state index contributed by atoms with van der Waals surface area (Å²) in [6.45, 7) is 2.38. The van der Waals surface area contributed by atoms with E-state index in [1.54, 1.807) is 0 Å². The lowest BCUT2D eigenvalue weighted by molar-refractivity contribution is 0.0950. The summed E-state index contributed by atoms with van der Waals surface area (Å²) in [5, 5.41) is 16.6. The molecule has 0 radical (unpaired) electrons. The minimum atomic E-state index is -0.0860. The van der Waals surface area contributed by atoms with Crippen molar-refractivity contribution >= 4 is 22.2 Å². The van der Waals surface area contributed by atoms with Gasteiger partial charge in [-0.2, -0.15) is 9.61 Å². The molecule has 1 N–H and O–H groups in total. The summed E-state index contributed by atoms with van der Waals surface area (Å²) in [4.78, 5) is 12.9. The van der Waals surface area contributed by atoms with Gasteiger partial charge in [0.15, 0.2) is 5.82 Å². The van der Waals surface area contributed by atoms with E-state index in [1.807, 2.05) is 35.7 Å². The minimum Gasteiger partial charge on any atom is -0.345 e. The Morgan fingerprint density at radius 2 is 2.27 bits per heavy atom. The summed E-state index contributed by atoms with van der Waals surface area (Å²) in [5.74, 6) is 1.37. The second-order valence-corrected chi connectivity index (χ2v) is 6.62. The van der Waals surface area contributed by atoms with Crippen molar-refractivity contribution in [2.45, 2.75) is 32.2 Å². The largest absolute Gasteiger partial charge is 0.345 e. The number of carbonyl (C=O) groups is 1. The number of hydrogen-bond acceptors (Lipinski definition) is 5. The Hall–Kier alpha value is -2.28. The van der Waals surface area contributed by atoms with E-state index in [2.05, 4.69) is 20.6 Å². The third-order valence-electron chi connectivity index (χ3n) is 3.68. The van der Waals surface area contributed by atoms with Crippen LogP contribution in [0.15, 0.2) is 24.3 Å². The number of nitrogens with one attached hydrogen (secondary N) is 1. The van der Waals surface area contributed by atoms with Crippen LogP contribution in [0.1, 0.15) is 45.5 Å². The lowest BCUT2D eigenvalue weighted by atomic mass is 10.1. The van der Waals surface area contributed by atoms with Gasteiger partial charge in [0.1, 0.15) is 5.01 Å². The Morgan fingerprint density at radius 1 is 1.41 bits per heavy atom. The average Bonchev–Trinajstić information content (AvgIpc) is 3.15. The maximum absolute atomic E-state index is 12.1. The van der Waals surface area contributed by atoms with E-state index in [-0.39, 0.29) is 5.91 Å². The highest BCUT2D eigenvalue weighted by Crippen LogP contribution is 2.39. The molecule has 1 saturated carbocycles. The number of carbonyl (C=O) groups excluding carboxylic acids is 1. The molecule has 0 aliphatic heterocycles. The first-order valence-electron chi connectivity index (χ1n) is 7.26. The summed E-state index contributed by atoms with van der Waals surface area (Å²) in [5.41, 5.74) is 1.74. The Morgan fingerprint density at radius 3 is 3.05 bits per heavy atom. The zero-order valence-electron chi connectivity index (χ0n) is 12.1. The van der Waals surface area contributed by atoms with E-state index >= 15 is 0 Å². The van der Waals surface area contributed by atoms with Crippen LogP contribution in [0.25, 0.3) is 4.96 Å². The summed E-state index contributed by atoms with van der Waals surface area (Å²) in [6, 6.07) is 7.54. The van der Waals surface area contributed by atoms with Gasteiger partial charge in [0.05, 0.1) is 6.54 Å². The topological polar surface area (TPSA) is 72.2 Å². The third-order valence-corrected chi connectivity index (χ3v) is 4.58. The van der Waals surface area contributed by atoms with Crippen LogP contribution < -0.4 is 5.32 Å². The van der Waals surface area contributed by atoms with Gasteiger partial charge in [-0.05, 0) is 31.9 Å². The molecule has 4 rings (SSSR count). The van der Waals surface area contributed by atoms with Crippen LogP contribution in [0.3, 0.4) is 0 Å². The van der Waals surface area contributed by atoms with Gasteiger partial charge < -0.3 is 5.32 Å². The zero-order valence-corrected chi connectivity index (χ0v) is 12.9. The van der Waals surface area contributed by atoms with Gasteiger partial charge in [-0.3, -0.25) is 4.79 Å². The number of nitrogens with zero attached hydrogens (tertiary/aromatic N) is 4. The Bertz CT molecular complexity index is 849. The van der Waals surface area contributed by atoms with Gasteiger partial charge in [0.2, 0.25) is 4.96 Å². The molecule has 1 fully saturated rings. The summed E-state index contributed by atoms with van der Waals surface area (Å²) in [7, 11) is 0. The Labute approximate surface area is 131 Å². The molecule has 1 aliphatic rings. The van der Waals surface area contributed by atoms with E-state index in [9.17, 15) is 4.79 Å². The molecule has 112 valence electrons. The molecule has 0 atom stereocenters. The molecule has 6 nitrogen and oxygen atoms in total. The fraction of sp³-hybridized carbons (Fsp3) is 0.333. The van der Waals surface area contributed by atoms with Crippen molar-refractivity contribution in [2.24, 2.45) is 0 Å². The summed E-state index contributed by atoms with van der Waals surface area (Å²) < 4.78 is 1.82. The van der Waals surface area contributed by atoms with Crippen LogP contribution in [-0.2, 0) is 6.54 Å². The quantitative estimate of drug-likeness (QED) is 0.802. The van der Waals surface area contributed by atoms with E-state index in [1.165, 1.54) is 11.3 Å². The number of rotatable bonds is 4. The van der Waals surface area contributed by atoms with Gasteiger partial charge in [-0.15, -0.1) is 10.2 Å². The highest BCUT2D eigenvalue weighted by molar-refractivity contribution is 7.16. The molecule has 0 unspecified atom stereocenters. The normalized spacial score (nSPS) is 14.4. The van der Waals surface area contributed by atoms with Gasteiger partial charge in [0.25, 0.3) is 5.91 Å². The van der Waals surface area contributed by atoms with E-state index in [4.69, 9.17) is 0 Å². The summed E-state index contributed by atoms with van der Waals surface area (Å²) in [6.07, 6.45) is 2.33. The standard InChI is InChI=1S/C15H15N5OS/c1-9-3-2-4-11(7-9)14(21)16-8-12-19-20-13(10-5-6-10)17-18-15(20)22-12/h2-4,7,10H,5-6,8H2,1H3,(H,16,21). The van der Waals surface area contributed by atoms with Crippen LogP contribution in [0.5, 0.6) is 0 Å². The van der Waals surface area contributed by atoms with E-state index in [0.717, 1.165) is 34.2 Å². The molecule has 22 heavy (non-hydrogen) atoms. The predicted octanol–water partition coefficient (Wildman–Crippen LogP) is 2.30. The third kappa shape index (κ3) is 2.48. The lowest BCUT2D eigenvalue weighted by Gasteiger charge is -2.03. The Balaban J connectivity index is 1.48. The zero-order chi connectivity index (χ0) is 15.1. The SMILES string of the molecule is Cc1cccc(C(=O)NCc2nn3c(C4CC4)nnc3s2)c1. The van der Waals surface area contributed by atoms with Gasteiger partial charge in [-0.25, -0.2) is 0 Å². The number of aromatic nitrogens is 4. The lowest BCUT2D eigenvalue weighted by Crippen LogP contribution is -2.22. The molecule has 0 saturated heterocycles. The highest BCUT2D eigenvalue weighted by atomic mass is 32.1. The maximum Gasteiger partial charge on any atom is 0.251 e. The van der Waals surface area contributed by atoms with Crippen LogP contribution in [0.2, 0.25) is 0 Å². The number of hydrogen-bond donors (Lipinski definition) is 1. The van der Waals surface area contributed by atoms with Crippen molar-refractivity contribution in [1.29, 1.82) is 0 Å². The molecule has 3 aromatic rings. The van der Waals surface area contributed by atoms with Crippen molar-refractivity contribution in [3.8, 4) is 0 Å². The van der Waals surface area contributed by atoms with Crippen LogP contribution >= 0.6 is 11.3 Å². The van der Waals surface area contributed by atoms with Crippen LogP contribution in [0, 0.1) is 6.92 Å². The van der Waals surface area contributed by atoms with Gasteiger partial charge >= 0.3 is 0 Å². The van der Waals surface area contributed by atoms with Gasteiger partial charge in [-0.1, -0.05) is 29.0 Å². The number of amides is 1. The molecular weight excluding hydrogens is 298 g/mol. The molecule has 0 spiro atoms. The van der Waals surface area contributed by atoms with Crippen molar-refractivity contribution in [2.75, 3.05) is 0 Å². The number of benzene rings is 1. The molecular formula is C15H15N5OS. The average molecular weight is 313 g/mol. The molecule has 2 heterocycles.